The molecule has 0 bridgehead atoms. The Hall–Kier alpha value is -3.36. The molecule has 0 amide bonds. The molecule has 1 N–H and O–H groups in total. The number of esters is 1. The molecular formula is C58H97NO7P+. The molecule has 0 radical (unpaired) electrons. The molecule has 0 aromatic heterocycles. The van der Waals surface area contributed by atoms with E-state index < -0.39 is 13.9 Å². The Morgan fingerprint density at radius 2 is 0.821 bits per heavy atom. The zero-order chi connectivity index (χ0) is 49.0. The molecule has 67 heavy (non-hydrogen) atoms. The van der Waals surface area contributed by atoms with Crippen molar-refractivity contribution in [1.29, 1.82) is 0 Å². The molecule has 0 saturated carbocycles. The third-order valence-electron chi connectivity index (χ3n) is 10.2. The fourth-order valence-corrected chi connectivity index (χ4v) is 7.03. The topological polar surface area (TPSA) is 91.3 Å². The maximum absolute atomic E-state index is 12.8. The van der Waals surface area contributed by atoms with Crippen molar-refractivity contribution in [3.8, 4) is 0 Å². The Balaban J connectivity index is 4.28. The molecule has 2 atom stereocenters. The van der Waals surface area contributed by atoms with Crippen molar-refractivity contribution in [1.82, 2.24) is 0 Å². The summed E-state index contributed by atoms with van der Waals surface area (Å²) in [5.41, 5.74) is 0. The molecule has 0 saturated heterocycles. The van der Waals surface area contributed by atoms with Gasteiger partial charge in [-0.3, -0.25) is 13.8 Å². The second kappa shape index (κ2) is 49.1. The first-order chi connectivity index (χ1) is 32.6. The summed E-state index contributed by atoms with van der Waals surface area (Å²) in [6, 6.07) is 0. The molecule has 0 aliphatic rings. The lowest BCUT2D eigenvalue weighted by molar-refractivity contribution is -0.870. The van der Waals surface area contributed by atoms with Crippen LogP contribution in [0.15, 0.2) is 134 Å². The number of quaternary nitrogens is 1. The highest BCUT2D eigenvalue weighted by molar-refractivity contribution is 7.47. The van der Waals surface area contributed by atoms with Crippen molar-refractivity contribution >= 4 is 13.8 Å². The maximum Gasteiger partial charge on any atom is 0.472 e. The van der Waals surface area contributed by atoms with Crippen molar-refractivity contribution in [2.75, 3.05) is 54.1 Å². The predicted molar refractivity (Wildman–Crippen MR) is 288 cm³/mol. The van der Waals surface area contributed by atoms with Crippen molar-refractivity contribution in [2.24, 2.45) is 0 Å². The van der Waals surface area contributed by atoms with E-state index in [4.69, 9.17) is 18.5 Å². The fourth-order valence-electron chi connectivity index (χ4n) is 6.29. The number of hydrogen-bond donors (Lipinski definition) is 1. The molecule has 0 aromatic carbocycles. The van der Waals surface area contributed by atoms with Gasteiger partial charge in [0.25, 0.3) is 0 Å². The number of nitrogens with zero attached hydrogens (tertiary/aromatic N) is 1. The molecule has 0 fully saturated rings. The third-order valence-corrected chi connectivity index (χ3v) is 11.2. The number of carbonyl (C=O) groups is 1. The molecule has 380 valence electrons. The van der Waals surface area contributed by atoms with Crippen molar-refractivity contribution in [3.05, 3.63) is 134 Å². The lowest BCUT2D eigenvalue weighted by atomic mass is 10.1. The lowest BCUT2D eigenvalue weighted by Gasteiger charge is -2.24. The Bertz CT molecular complexity index is 1520. The van der Waals surface area contributed by atoms with E-state index in [9.17, 15) is 14.3 Å². The first-order valence-corrected chi connectivity index (χ1v) is 27.4. The minimum atomic E-state index is -4.31. The van der Waals surface area contributed by atoms with Crippen LogP contribution in [0.4, 0.5) is 0 Å². The Labute approximate surface area is 411 Å². The van der Waals surface area contributed by atoms with Gasteiger partial charge in [-0.1, -0.05) is 186 Å². The van der Waals surface area contributed by atoms with E-state index in [1.165, 1.54) is 12.8 Å². The van der Waals surface area contributed by atoms with Gasteiger partial charge in [0.1, 0.15) is 19.3 Å². The van der Waals surface area contributed by atoms with Gasteiger partial charge in [-0.15, -0.1) is 0 Å². The maximum atomic E-state index is 12.8. The van der Waals surface area contributed by atoms with Crippen LogP contribution in [-0.2, 0) is 27.9 Å². The van der Waals surface area contributed by atoms with Gasteiger partial charge in [0.05, 0.1) is 34.4 Å². The van der Waals surface area contributed by atoms with Crippen LogP contribution in [0.2, 0.25) is 0 Å². The highest BCUT2D eigenvalue weighted by Crippen LogP contribution is 2.43. The number of carbonyl (C=O) groups excluding carboxylic acids is 1. The minimum Gasteiger partial charge on any atom is -0.457 e. The van der Waals surface area contributed by atoms with Crippen LogP contribution in [0.25, 0.3) is 0 Å². The van der Waals surface area contributed by atoms with E-state index in [1.807, 2.05) is 21.1 Å². The van der Waals surface area contributed by atoms with E-state index in [2.05, 4.69) is 148 Å². The minimum absolute atomic E-state index is 0.0714. The van der Waals surface area contributed by atoms with Crippen LogP contribution in [0.3, 0.4) is 0 Å². The van der Waals surface area contributed by atoms with Crippen LogP contribution in [0.1, 0.15) is 168 Å². The molecule has 0 aliphatic carbocycles. The Morgan fingerprint density at radius 3 is 1.22 bits per heavy atom. The summed E-state index contributed by atoms with van der Waals surface area (Å²) in [5, 5.41) is 0. The fraction of sp³-hybridized carbons (Fsp3) is 0.603. The van der Waals surface area contributed by atoms with Gasteiger partial charge in [0.15, 0.2) is 0 Å². The summed E-state index contributed by atoms with van der Waals surface area (Å²) in [6.45, 7) is 5.28. The predicted octanol–water partition coefficient (Wildman–Crippen LogP) is 16.3. The lowest BCUT2D eigenvalue weighted by Crippen LogP contribution is -2.37. The smallest absolute Gasteiger partial charge is 0.457 e. The van der Waals surface area contributed by atoms with Crippen LogP contribution < -0.4 is 0 Å². The zero-order valence-corrected chi connectivity index (χ0v) is 44.0. The van der Waals surface area contributed by atoms with E-state index in [-0.39, 0.29) is 25.8 Å². The average Bonchev–Trinajstić information content (AvgIpc) is 3.29. The standard InChI is InChI=1S/C58H96NO7P/c1-6-8-10-12-14-16-18-20-22-24-26-28-29-30-32-34-36-38-40-42-44-46-48-50-53-63-55-57(56-65-67(61,62)64-54-52-59(3,4)5)66-58(60)51-49-47-45-43-41-39-37-35-33-31-27-25-23-21-19-17-15-13-11-9-7-2/h8-11,14-17,20-23,26-28,30-32,35-38,57H,6-7,12-13,18-19,24-25,29,33-34,39-56H2,1-5H3/p+1/b10-8-,11-9-,16-14-,17-15-,22-20-,23-21-,28-26-,31-27-,32-30-,37-35-,38-36-. The molecule has 0 aliphatic heterocycles. The average molecular weight is 951 g/mol. The summed E-state index contributed by atoms with van der Waals surface area (Å²) in [7, 11) is 1.61. The number of hydrogen-bond acceptors (Lipinski definition) is 6. The van der Waals surface area contributed by atoms with E-state index in [1.54, 1.807) is 0 Å². The number of ether oxygens (including phenoxy) is 2. The number of allylic oxidation sites excluding steroid dienone is 22. The number of phosphoric ester groups is 1. The van der Waals surface area contributed by atoms with Gasteiger partial charge < -0.3 is 18.9 Å². The number of unbranched alkanes of at least 4 members (excludes halogenated alkanes) is 10. The first-order valence-electron chi connectivity index (χ1n) is 25.9. The SMILES string of the molecule is CC/C=C\C/C=C\C/C=C\C/C=C\C/C=C\C/C=C\CCCCCCCOCC(COP(=O)(O)OCC[N+](C)(C)C)OC(=O)CCCCCCC/C=C\C/C=C\C/C=C\C/C=C\C/C=C\CC. The van der Waals surface area contributed by atoms with Gasteiger partial charge in [0, 0.05) is 13.0 Å². The molecule has 2 unspecified atom stereocenters. The third kappa shape index (κ3) is 53.5. The number of phosphoric acid groups is 1. The molecular weight excluding hydrogens is 854 g/mol. The van der Waals surface area contributed by atoms with Crippen LogP contribution >= 0.6 is 7.82 Å². The van der Waals surface area contributed by atoms with Gasteiger partial charge in [0.2, 0.25) is 0 Å². The van der Waals surface area contributed by atoms with E-state index >= 15 is 0 Å². The van der Waals surface area contributed by atoms with Gasteiger partial charge in [-0.2, -0.15) is 0 Å². The van der Waals surface area contributed by atoms with Crippen LogP contribution in [0.5, 0.6) is 0 Å². The molecule has 0 aromatic rings. The van der Waals surface area contributed by atoms with Crippen LogP contribution in [0, 0.1) is 0 Å². The monoisotopic (exact) mass is 951 g/mol. The van der Waals surface area contributed by atoms with E-state index in [0.717, 1.165) is 135 Å². The van der Waals surface area contributed by atoms with Crippen molar-refractivity contribution < 1.29 is 37.3 Å². The van der Waals surface area contributed by atoms with Gasteiger partial charge in [-0.25, -0.2) is 4.57 Å². The summed E-state index contributed by atoms with van der Waals surface area (Å²) in [6.07, 6.45) is 72.1. The van der Waals surface area contributed by atoms with Crippen molar-refractivity contribution in [2.45, 2.75) is 174 Å². The second-order valence-electron chi connectivity index (χ2n) is 17.8. The molecule has 8 nitrogen and oxygen atoms in total. The van der Waals surface area contributed by atoms with E-state index in [0.29, 0.717) is 24.1 Å². The zero-order valence-electron chi connectivity index (χ0n) is 43.1. The highest BCUT2D eigenvalue weighted by atomic mass is 31.2. The largest absolute Gasteiger partial charge is 0.472 e. The molecule has 0 spiro atoms. The number of likely N-dealkylation sites (N-methyl/N-ethyl adjacent to an activating group) is 1. The normalized spacial score (nSPS) is 14.7. The number of rotatable bonds is 46. The van der Waals surface area contributed by atoms with Crippen LogP contribution in [-0.4, -0.2) is 75.6 Å². The Kier molecular flexibility index (Phi) is 46.6. The second-order valence-corrected chi connectivity index (χ2v) is 19.2. The van der Waals surface area contributed by atoms with Gasteiger partial charge >= 0.3 is 13.8 Å². The Morgan fingerprint density at radius 1 is 0.463 bits per heavy atom. The molecule has 0 heterocycles. The van der Waals surface area contributed by atoms with Crippen molar-refractivity contribution in [3.63, 3.8) is 0 Å². The quantitative estimate of drug-likeness (QED) is 0.0214. The highest BCUT2D eigenvalue weighted by Gasteiger charge is 2.26. The summed E-state index contributed by atoms with van der Waals surface area (Å²) >= 11 is 0. The summed E-state index contributed by atoms with van der Waals surface area (Å²) in [4.78, 5) is 23.0. The molecule has 9 heteroatoms. The first kappa shape index (κ1) is 63.6. The summed E-state index contributed by atoms with van der Waals surface area (Å²) in [5.74, 6) is -0.346. The summed E-state index contributed by atoms with van der Waals surface area (Å²) < 4.78 is 35.1. The molecule has 0 rings (SSSR count). The van der Waals surface area contributed by atoms with Gasteiger partial charge in [-0.05, 0) is 109 Å².